The normalized spacial score (nSPS) is 13.9. The van der Waals surface area contributed by atoms with Crippen molar-refractivity contribution in [3.05, 3.63) is 53.4 Å². The summed E-state index contributed by atoms with van der Waals surface area (Å²) in [5, 5.41) is 0.735. The minimum atomic E-state index is -3.65. The molecule has 0 fully saturated rings. The van der Waals surface area contributed by atoms with Gasteiger partial charge in [-0.15, -0.1) is 11.3 Å². The number of hydrogen-bond acceptors (Lipinski definition) is 5. The van der Waals surface area contributed by atoms with Crippen molar-refractivity contribution in [2.75, 3.05) is 12.3 Å². The molecule has 0 aliphatic carbocycles. The van der Waals surface area contributed by atoms with E-state index in [-0.39, 0.29) is 16.5 Å². The number of thiophene rings is 1. The number of hydrogen-bond donors (Lipinski definition) is 1. The van der Waals surface area contributed by atoms with Gasteiger partial charge in [0.05, 0.1) is 5.75 Å². The Hall–Kier alpha value is -1.22. The predicted molar refractivity (Wildman–Crippen MR) is 88.2 cm³/mol. The molecule has 0 saturated carbocycles. The van der Waals surface area contributed by atoms with Gasteiger partial charge in [-0.2, -0.15) is 0 Å². The molecule has 0 radical (unpaired) electrons. The Labute approximate surface area is 135 Å². The first-order valence-corrected chi connectivity index (χ1v) is 10.7. The molecular weight excluding hydrogens is 342 g/mol. The highest BCUT2D eigenvalue weighted by molar-refractivity contribution is 7.93. The van der Waals surface area contributed by atoms with Crippen LogP contribution in [0.4, 0.5) is 0 Å². The van der Waals surface area contributed by atoms with Crippen molar-refractivity contribution in [1.82, 2.24) is 4.72 Å². The fourth-order valence-corrected chi connectivity index (χ4v) is 5.54. The standard InChI is InChI=1S/C14H17NO4S3/c1-2-21(16,17)15-11-13(12-7-4-3-5-8-12)22(18,19)14-9-6-10-20-14/h3-10,13,15H,2,11H2,1H3. The summed E-state index contributed by atoms with van der Waals surface area (Å²) >= 11 is 1.13. The molecule has 0 amide bonds. The number of rotatable bonds is 7. The topological polar surface area (TPSA) is 80.3 Å². The second-order valence-corrected chi connectivity index (χ2v) is 10.0. The molecule has 0 aliphatic heterocycles. The van der Waals surface area contributed by atoms with Gasteiger partial charge in [-0.3, -0.25) is 0 Å². The van der Waals surface area contributed by atoms with E-state index in [9.17, 15) is 16.8 Å². The summed E-state index contributed by atoms with van der Waals surface area (Å²) < 4.78 is 51.4. The molecule has 0 spiro atoms. The Morgan fingerprint density at radius 3 is 2.27 bits per heavy atom. The second kappa shape index (κ2) is 6.91. The lowest BCUT2D eigenvalue weighted by Gasteiger charge is -2.18. The van der Waals surface area contributed by atoms with Gasteiger partial charge in [0.1, 0.15) is 9.46 Å². The SMILES string of the molecule is CCS(=O)(=O)NCC(c1ccccc1)S(=O)(=O)c1cccs1. The zero-order valence-electron chi connectivity index (χ0n) is 12.0. The monoisotopic (exact) mass is 359 g/mol. The Balaban J connectivity index is 2.39. The number of benzene rings is 1. The Morgan fingerprint density at radius 2 is 1.73 bits per heavy atom. The molecule has 1 heterocycles. The van der Waals surface area contributed by atoms with Crippen LogP contribution in [-0.2, 0) is 19.9 Å². The average Bonchev–Trinajstić information content (AvgIpc) is 3.03. The van der Waals surface area contributed by atoms with Crippen LogP contribution in [0.1, 0.15) is 17.7 Å². The molecule has 8 heteroatoms. The van der Waals surface area contributed by atoms with Crippen molar-refractivity contribution in [3.8, 4) is 0 Å². The van der Waals surface area contributed by atoms with Crippen molar-refractivity contribution < 1.29 is 16.8 Å². The summed E-state index contributed by atoms with van der Waals surface area (Å²) in [4.78, 5) is 0. The lowest BCUT2D eigenvalue weighted by atomic mass is 10.1. The van der Waals surface area contributed by atoms with E-state index in [1.54, 1.807) is 41.8 Å². The smallest absolute Gasteiger partial charge is 0.211 e. The molecule has 1 atom stereocenters. The molecule has 2 aromatic rings. The van der Waals surface area contributed by atoms with Crippen molar-refractivity contribution >= 4 is 31.2 Å². The van der Waals surface area contributed by atoms with Crippen LogP contribution in [0.3, 0.4) is 0 Å². The molecule has 0 bridgehead atoms. The molecule has 0 saturated heterocycles. The summed E-state index contributed by atoms with van der Waals surface area (Å²) in [6.45, 7) is 1.33. The van der Waals surface area contributed by atoms with Crippen LogP contribution in [0.2, 0.25) is 0 Å². The predicted octanol–water partition coefficient (Wildman–Crippen LogP) is 2.20. The highest BCUT2D eigenvalue weighted by atomic mass is 32.2. The third kappa shape index (κ3) is 3.95. The van der Waals surface area contributed by atoms with E-state index in [1.165, 1.54) is 13.0 Å². The van der Waals surface area contributed by atoms with Gasteiger partial charge in [0, 0.05) is 6.54 Å². The first-order chi connectivity index (χ1) is 10.4. The zero-order chi connectivity index (χ0) is 16.2. The first-order valence-electron chi connectivity index (χ1n) is 6.66. The number of sulfone groups is 1. The molecule has 1 unspecified atom stereocenters. The van der Waals surface area contributed by atoms with Crippen LogP contribution < -0.4 is 4.72 Å². The summed E-state index contributed by atoms with van der Waals surface area (Å²) in [5.74, 6) is -0.0897. The number of sulfonamides is 1. The lowest BCUT2D eigenvalue weighted by molar-refractivity contribution is 0.570. The molecule has 0 aliphatic rings. The third-order valence-corrected chi connectivity index (χ3v) is 8.09. The van der Waals surface area contributed by atoms with Gasteiger partial charge >= 0.3 is 0 Å². The average molecular weight is 359 g/mol. The van der Waals surface area contributed by atoms with E-state index < -0.39 is 25.1 Å². The quantitative estimate of drug-likeness (QED) is 0.822. The van der Waals surface area contributed by atoms with Gasteiger partial charge in [0.25, 0.3) is 0 Å². The summed E-state index contributed by atoms with van der Waals surface area (Å²) in [7, 11) is -7.11. The van der Waals surface area contributed by atoms with Crippen LogP contribution in [0.15, 0.2) is 52.1 Å². The van der Waals surface area contributed by atoms with Crippen LogP contribution in [0.25, 0.3) is 0 Å². The molecule has 120 valence electrons. The Morgan fingerprint density at radius 1 is 1.05 bits per heavy atom. The molecule has 1 N–H and O–H groups in total. The fraction of sp³-hybridized carbons (Fsp3) is 0.286. The molecule has 2 rings (SSSR count). The van der Waals surface area contributed by atoms with E-state index >= 15 is 0 Å². The summed E-state index contributed by atoms with van der Waals surface area (Å²) in [6, 6.07) is 11.8. The van der Waals surface area contributed by atoms with Gasteiger partial charge in [-0.1, -0.05) is 36.4 Å². The highest BCUT2D eigenvalue weighted by Gasteiger charge is 2.30. The second-order valence-electron chi connectivity index (χ2n) is 4.63. The van der Waals surface area contributed by atoms with Crippen LogP contribution >= 0.6 is 11.3 Å². The van der Waals surface area contributed by atoms with Gasteiger partial charge in [-0.05, 0) is 23.9 Å². The van der Waals surface area contributed by atoms with Gasteiger partial charge in [0.2, 0.25) is 10.0 Å². The van der Waals surface area contributed by atoms with Crippen molar-refractivity contribution in [2.24, 2.45) is 0 Å². The molecule has 1 aromatic carbocycles. The maximum Gasteiger partial charge on any atom is 0.211 e. The Bertz CT molecular complexity index is 797. The summed E-state index contributed by atoms with van der Waals surface area (Å²) in [6.07, 6.45) is 0. The largest absolute Gasteiger partial charge is 0.222 e. The highest BCUT2D eigenvalue weighted by Crippen LogP contribution is 2.31. The fourth-order valence-electron chi connectivity index (χ4n) is 1.94. The summed E-state index contributed by atoms with van der Waals surface area (Å²) in [5.41, 5.74) is 0.565. The van der Waals surface area contributed by atoms with Crippen LogP contribution in [0, 0.1) is 0 Å². The van der Waals surface area contributed by atoms with Gasteiger partial charge in [0.15, 0.2) is 9.84 Å². The lowest BCUT2D eigenvalue weighted by Crippen LogP contribution is -2.32. The Kier molecular flexibility index (Phi) is 5.38. The molecular formula is C14H17NO4S3. The van der Waals surface area contributed by atoms with E-state index in [2.05, 4.69) is 4.72 Å². The van der Waals surface area contributed by atoms with Crippen molar-refractivity contribution in [1.29, 1.82) is 0 Å². The molecule has 5 nitrogen and oxygen atoms in total. The maximum absolute atomic E-state index is 12.8. The minimum absolute atomic E-state index is 0.0897. The van der Waals surface area contributed by atoms with Crippen LogP contribution in [-0.4, -0.2) is 29.1 Å². The van der Waals surface area contributed by atoms with Gasteiger partial charge in [-0.25, -0.2) is 21.6 Å². The first kappa shape index (κ1) is 17.1. The van der Waals surface area contributed by atoms with Crippen molar-refractivity contribution in [2.45, 2.75) is 16.4 Å². The molecule has 22 heavy (non-hydrogen) atoms. The van der Waals surface area contributed by atoms with E-state index in [1.807, 2.05) is 0 Å². The third-order valence-electron chi connectivity index (χ3n) is 3.19. The van der Waals surface area contributed by atoms with Gasteiger partial charge < -0.3 is 0 Å². The zero-order valence-corrected chi connectivity index (χ0v) is 14.4. The molecule has 1 aromatic heterocycles. The maximum atomic E-state index is 12.8. The van der Waals surface area contributed by atoms with E-state index in [0.29, 0.717) is 5.56 Å². The van der Waals surface area contributed by atoms with E-state index in [4.69, 9.17) is 0 Å². The van der Waals surface area contributed by atoms with Crippen molar-refractivity contribution in [3.63, 3.8) is 0 Å². The van der Waals surface area contributed by atoms with E-state index in [0.717, 1.165) is 11.3 Å². The minimum Gasteiger partial charge on any atom is -0.222 e. The number of nitrogens with one attached hydrogen (secondary N) is 1. The van der Waals surface area contributed by atoms with Crippen LogP contribution in [0.5, 0.6) is 0 Å².